The van der Waals surface area contributed by atoms with Crippen molar-refractivity contribution in [1.82, 2.24) is 0 Å². The molecule has 0 fully saturated rings. The van der Waals surface area contributed by atoms with Gasteiger partial charge in [0.1, 0.15) is 0 Å². The van der Waals surface area contributed by atoms with Crippen molar-refractivity contribution in [3.63, 3.8) is 0 Å². The van der Waals surface area contributed by atoms with Crippen LogP contribution in [0.15, 0.2) is 0 Å². The van der Waals surface area contributed by atoms with Gasteiger partial charge in [-0.25, -0.2) is 0 Å². The minimum Gasteiger partial charge on any atom is -0.198 e. The smallest absolute Gasteiger partial charge is 0.198 e. The monoisotopic (exact) mass is 154 g/mol. The van der Waals surface area contributed by atoms with E-state index in [0.29, 0.717) is 5.75 Å². The SMILES string of the molecule is CCCCCSC(F)F. The molecule has 0 atom stereocenters. The highest BCUT2D eigenvalue weighted by Gasteiger charge is 1.99. The van der Waals surface area contributed by atoms with E-state index in [9.17, 15) is 8.78 Å². The van der Waals surface area contributed by atoms with Gasteiger partial charge in [0.05, 0.1) is 0 Å². The van der Waals surface area contributed by atoms with Crippen LogP contribution in [0, 0.1) is 0 Å². The van der Waals surface area contributed by atoms with Crippen LogP contribution in [0.3, 0.4) is 0 Å². The van der Waals surface area contributed by atoms with Crippen LogP contribution in [0.4, 0.5) is 8.78 Å². The lowest BCUT2D eigenvalue weighted by Gasteiger charge is -1.96. The number of unbranched alkanes of at least 4 members (excludes halogenated alkanes) is 2. The van der Waals surface area contributed by atoms with E-state index >= 15 is 0 Å². The average Bonchev–Trinajstić information content (AvgIpc) is 1.80. The van der Waals surface area contributed by atoms with Crippen LogP contribution in [0.2, 0.25) is 0 Å². The van der Waals surface area contributed by atoms with Crippen molar-refractivity contribution in [2.45, 2.75) is 31.9 Å². The number of halogens is 2. The van der Waals surface area contributed by atoms with Gasteiger partial charge in [0.2, 0.25) is 0 Å². The molecule has 9 heavy (non-hydrogen) atoms. The Hall–Kier alpha value is 0.210. The topological polar surface area (TPSA) is 0 Å². The molecule has 0 nitrogen and oxygen atoms in total. The van der Waals surface area contributed by atoms with Gasteiger partial charge in [0.25, 0.3) is 5.76 Å². The maximum atomic E-state index is 11.4. The molecule has 0 rings (SSSR count). The zero-order chi connectivity index (χ0) is 7.11. The number of rotatable bonds is 5. The van der Waals surface area contributed by atoms with Gasteiger partial charge in [-0.1, -0.05) is 31.5 Å². The first-order valence-corrected chi connectivity index (χ1v) is 4.22. The fourth-order valence-electron chi connectivity index (χ4n) is 0.524. The highest BCUT2D eigenvalue weighted by Crippen LogP contribution is 2.15. The van der Waals surface area contributed by atoms with Crippen molar-refractivity contribution in [3.8, 4) is 0 Å². The van der Waals surface area contributed by atoms with E-state index in [0.717, 1.165) is 31.0 Å². The lowest BCUT2D eigenvalue weighted by Crippen LogP contribution is -1.85. The maximum Gasteiger partial charge on any atom is 0.284 e. The normalized spacial score (nSPS) is 10.7. The van der Waals surface area contributed by atoms with E-state index in [1.165, 1.54) is 0 Å². The van der Waals surface area contributed by atoms with Crippen molar-refractivity contribution in [1.29, 1.82) is 0 Å². The second kappa shape index (κ2) is 6.33. The summed E-state index contributed by atoms with van der Waals surface area (Å²) >= 11 is 0.738. The molecule has 0 bridgehead atoms. The summed E-state index contributed by atoms with van der Waals surface area (Å²) in [5.41, 5.74) is 0. The summed E-state index contributed by atoms with van der Waals surface area (Å²) in [6.07, 6.45) is 3.09. The third-order valence-corrected chi connectivity index (χ3v) is 1.77. The Morgan fingerprint density at radius 3 is 2.44 bits per heavy atom. The molecule has 0 aliphatic rings. The van der Waals surface area contributed by atoms with Crippen LogP contribution in [0.1, 0.15) is 26.2 Å². The molecule has 0 saturated heterocycles. The minimum absolute atomic E-state index is 0.603. The zero-order valence-corrected chi connectivity index (χ0v) is 6.39. The van der Waals surface area contributed by atoms with Gasteiger partial charge in [-0.05, 0) is 12.2 Å². The molecule has 0 unspecified atom stereocenters. The summed E-state index contributed by atoms with van der Waals surface area (Å²) in [6.45, 7) is 2.06. The predicted molar refractivity (Wildman–Crippen MR) is 38.0 cm³/mol. The maximum absolute atomic E-state index is 11.4. The molecule has 0 aliphatic carbocycles. The minimum atomic E-state index is -2.18. The molecule has 56 valence electrons. The summed E-state index contributed by atoms with van der Waals surface area (Å²) in [4.78, 5) is 0. The van der Waals surface area contributed by atoms with Gasteiger partial charge >= 0.3 is 0 Å². The largest absolute Gasteiger partial charge is 0.284 e. The van der Waals surface area contributed by atoms with Crippen molar-refractivity contribution < 1.29 is 8.78 Å². The van der Waals surface area contributed by atoms with Crippen LogP contribution in [0.25, 0.3) is 0 Å². The fourth-order valence-corrected chi connectivity index (χ4v) is 1.07. The molecular formula is C6H12F2S. The third-order valence-electron chi connectivity index (χ3n) is 0.992. The Morgan fingerprint density at radius 1 is 1.33 bits per heavy atom. The number of thioether (sulfide) groups is 1. The molecule has 0 saturated carbocycles. The van der Waals surface area contributed by atoms with E-state index in [1.807, 2.05) is 0 Å². The first kappa shape index (κ1) is 9.21. The molecule has 0 radical (unpaired) electrons. The second-order valence-electron chi connectivity index (χ2n) is 1.84. The zero-order valence-electron chi connectivity index (χ0n) is 5.57. The van der Waals surface area contributed by atoms with Crippen molar-refractivity contribution >= 4 is 11.8 Å². The molecule has 0 spiro atoms. The lowest BCUT2D eigenvalue weighted by atomic mass is 10.3. The number of alkyl halides is 2. The predicted octanol–water partition coefficient (Wildman–Crippen LogP) is 3.13. The van der Waals surface area contributed by atoms with Crippen molar-refractivity contribution in [3.05, 3.63) is 0 Å². The van der Waals surface area contributed by atoms with Gasteiger partial charge in [0, 0.05) is 0 Å². The van der Waals surface area contributed by atoms with E-state index in [4.69, 9.17) is 0 Å². The molecule has 0 aliphatic heterocycles. The van der Waals surface area contributed by atoms with Crippen molar-refractivity contribution in [2.75, 3.05) is 5.75 Å². The van der Waals surface area contributed by atoms with Crippen LogP contribution in [-0.2, 0) is 0 Å². The highest BCUT2D eigenvalue weighted by molar-refractivity contribution is 7.99. The molecule has 0 heterocycles. The van der Waals surface area contributed by atoms with E-state index in [1.54, 1.807) is 0 Å². The van der Waals surface area contributed by atoms with Crippen LogP contribution in [0.5, 0.6) is 0 Å². The first-order valence-electron chi connectivity index (χ1n) is 3.17. The van der Waals surface area contributed by atoms with Gasteiger partial charge < -0.3 is 0 Å². The standard InChI is InChI=1S/C6H12F2S/c1-2-3-4-5-9-6(7)8/h6H,2-5H2,1H3. The first-order chi connectivity index (χ1) is 4.27. The quantitative estimate of drug-likeness (QED) is 0.548. The lowest BCUT2D eigenvalue weighted by molar-refractivity contribution is 0.252. The van der Waals surface area contributed by atoms with Gasteiger partial charge in [-0.15, -0.1) is 0 Å². The Balaban J connectivity index is 2.75. The molecule has 0 amide bonds. The Labute approximate surface area is 59.0 Å². The van der Waals surface area contributed by atoms with Gasteiger partial charge in [-0.2, -0.15) is 8.78 Å². The number of hydrogen-bond donors (Lipinski definition) is 0. The van der Waals surface area contributed by atoms with E-state index in [2.05, 4.69) is 6.92 Å². The fraction of sp³-hybridized carbons (Fsp3) is 1.00. The summed E-state index contributed by atoms with van der Waals surface area (Å²) < 4.78 is 22.9. The number of hydrogen-bond acceptors (Lipinski definition) is 1. The summed E-state index contributed by atoms with van der Waals surface area (Å²) in [5.74, 6) is -1.58. The van der Waals surface area contributed by atoms with Crippen LogP contribution < -0.4 is 0 Å². The second-order valence-corrected chi connectivity index (χ2v) is 2.94. The Bertz CT molecular complexity index is 57.0. The molecular weight excluding hydrogens is 142 g/mol. The molecule has 0 aromatic heterocycles. The average molecular weight is 154 g/mol. The Morgan fingerprint density at radius 2 is 2.00 bits per heavy atom. The van der Waals surface area contributed by atoms with Gasteiger partial charge in [0.15, 0.2) is 0 Å². The highest BCUT2D eigenvalue weighted by atomic mass is 32.2. The molecule has 0 aromatic rings. The van der Waals surface area contributed by atoms with Crippen molar-refractivity contribution in [2.24, 2.45) is 0 Å². The van der Waals surface area contributed by atoms with Crippen LogP contribution in [-0.4, -0.2) is 11.5 Å². The molecule has 0 N–H and O–H groups in total. The van der Waals surface area contributed by atoms with Gasteiger partial charge in [-0.3, -0.25) is 0 Å². The Kier molecular flexibility index (Phi) is 6.48. The summed E-state index contributed by atoms with van der Waals surface area (Å²) in [5, 5.41) is 0. The third kappa shape index (κ3) is 8.21. The van der Waals surface area contributed by atoms with E-state index < -0.39 is 5.76 Å². The molecule has 3 heteroatoms. The summed E-state index contributed by atoms with van der Waals surface area (Å²) in [6, 6.07) is 0. The van der Waals surface area contributed by atoms with Crippen LogP contribution >= 0.6 is 11.8 Å². The molecule has 0 aromatic carbocycles. The van der Waals surface area contributed by atoms with E-state index in [-0.39, 0.29) is 0 Å². The summed E-state index contributed by atoms with van der Waals surface area (Å²) in [7, 11) is 0.